The molecule has 0 fully saturated rings. The molecule has 5 heteroatoms. The summed E-state index contributed by atoms with van der Waals surface area (Å²) in [5.41, 5.74) is 2.13. The van der Waals surface area contributed by atoms with Gasteiger partial charge < -0.3 is 0 Å². The Bertz CT molecular complexity index is 860. The number of pyridine rings is 1. The van der Waals surface area contributed by atoms with Crippen molar-refractivity contribution in [3.05, 3.63) is 62.9 Å². The summed E-state index contributed by atoms with van der Waals surface area (Å²) in [5.74, 6) is 0. The molecular formula is C14H11N3O2. The molecule has 0 amide bonds. The summed E-state index contributed by atoms with van der Waals surface area (Å²) in [4.78, 5) is 32.0. The number of fused-ring (bicyclic) bond motifs is 1. The molecular weight excluding hydrogens is 242 g/mol. The lowest BCUT2D eigenvalue weighted by Crippen LogP contribution is -2.22. The molecule has 94 valence electrons. The first-order valence-electron chi connectivity index (χ1n) is 5.83. The standard InChI is InChI=1S/C14H11N3O2/c1-8-2-4-9(5-3-8)10-6-7-15-12-11(10)13(18)17-14(19)16-12/h2-7H,1H3,(H2,15,16,17,18,19). The second-order valence-corrected chi connectivity index (χ2v) is 4.36. The SMILES string of the molecule is Cc1ccc(-c2ccnc3[nH]c(=O)[nH]c(=O)c23)cc1. The molecule has 2 N–H and O–H groups in total. The zero-order chi connectivity index (χ0) is 13.4. The molecule has 19 heavy (non-hydrogen) atoms. The van der Waals surface area contributed by atoms with Crippen LogP contribution in [0.5, 0.6) is 0 Å². The smallest absolute Gasteiger partial charge is 0.291 e. The van der Waals surface area contributed by atoms with Crippen LogP contribution in [0.1, 0.15) is 5.56 Å². The molecule has 1 aromatic carbocycles. The van der Waals surface area contributed by atoms with Crippen LogP contribution in [0.3, 0.4) is 0 Å². The lowest BCUT2D eigenvalue weighted by atomic mass is 10.0. The Balaban J connectivity index is 2.39. The lowest BCUT2D eigenvalue weighted by Gasteiger charge is -2.05. The van der Waals surface area contributed by atoms with Crippen LogP contribution in [0.2, 0.25) is 0 Å². The Morgan fingerprint density at radius 2 is 1.74 bits per heavy atom. The zero-order valence-electron chi connectivity index (χ0n) is 10.2. The maximum Gasteiger partial charge on any atom is 0.327 e. The third-order valence-corrected chi connectivity index (χ3v) is 3.00. The molecule has 2 heterocycles. The minimum atomic E-state index is -0.550. The molecule has 0 aliphatic heterocycles. The number of rotatable bonds is 1. The van der Waals surface area contributed by atoms with Crippen LogP contribution in [0, 0.1) is 6.92 Å². The number of nitrogens with zero attached hydrogens (tertiary/aromatic N) is 1. The van der Waals surface area contributed by atoms with E-state index in [1.807, 2.05) is 31.2 Å². The third-order valence-electron chi connectivity index (χ3n) is 3.00. The van der Waals surface area contributed by atoms with Crippen LogP contribution in [0.4, 0.5) is 0 Å². The summed E-state index contributed by atoms with van der Waals surface area (Å²) in [6.07, 6.45) is 1.58. The monoisotopic (exact) mass is 253 g/mol. The van der Waals surface area contributed by atoms with Gasteiger partial charge in [-0.15, -0.1) is 0 Å². The number of H-pyrrole nitrogens is 2. The van der Waals surface area contributed by atoms with E-state index in [1.54, 1.807) is 12.3 Å². The first-order chi connectivity index (χ1) is 9.15. The van der Waals surface area contributed by atoms with Crippen molar-refractivity contribution in [2.75, 3.05) is 0 Å². The summed E-state index contributed by atoms with van der Waals surface area (Å²) in [7, 11) is 0. The minimum Gasteiger partial charge on any atom is -0.291 e. The summed E-state index contributed by atoms with van der Waals surface area (Å²) in [5, 5.41) is 0.394. The van der Waals surface area contributed by atoms with E-state index in [0.717, 1.165) is 16.7 Å². The predicted molar refractivity (Wildman–Crippen MR) is 73.2 cm³/mol. The van der Waals surface area contributed by atoms with Gasteiger partial charge in [0.25, 0.3) is 5.56 Å². The fourth-order valence-electron chi connectivity index (χ4n) is 2.06. The predicted octanol–water partition coefficient (Wildman–Crippen LogP) is 1.59. The Morgan fingerprint density at radius 1 is 1.00 bits per heavy atom. The number of aryl methyl sites for hydroxylation is 1. The van der Waals surface area contributed by atoms with E-state index in [9.17, 15) is 9.59 Å². The number of hydrogen-bond acceptors (Lipinski definition) is 3. The third kappa shape index (κ3) is 1.95. The van der Waals surface area contributed by atoms with Gasteiger partial charge in [-0.3, -0.25) is 14.8 Å². The Labute approximate surface area is 108 Å². The quantitative estimate of drug-likeness (QED) is 0.691. The number of aromatic nitrogens is 3. The van der Waals surface area contributed by atoms with Crippen molar-refractivity contribution in [1.82, 2.24) is 15.0 Å². The largest absolute Gasteiger partial charge is 0.327 e. The highest BCUT2D eigenvalue weighted by atomic mass is 16.2. The molecule has 3 rings (SSSR count). The van der Waals surface area contributed by atoms with Crippen LogP contribution in [0.15, 0.2) is 46.1 Å². The first-order valence-corrected chi connectivity index (χ1v) is 5.83. The van der Waals surface area contributed by atoms with Crippen LogP contribution in [-0.4, -0.2) is 15.0 Å². The zero-order valence-corrected chi connectivity index (χ0v) is 10.2. The maximum absolute atomic E-state index is 11.9. The van der Waals surface area contributed by atoms with Gasteiger partial charge >= 0.3 is 5.69 Å². The van der Waals surface area contributed by atoms with E-state index in [4.69, 9.17) is 0 Å². The lowest BCUT2D eigenvalue weighted by molar-refractivity contribution is 1.06. The molecule has 0 spiro atoms. The van der Waals surface area contributed by atoms with Gasteiger partial charge in [-0.2, -0.15) is 0 Å². The first kappa shape index (κ1) is 11.4. The summed E-state index contributed by atoms with van der Waals surface area (Å²) in [6.45, 7) is 2.00. The minimum absolute atomic E-state index is 0.298. The average Bonchev–Trinajstić information content (AvgIpc) is 2.38. The number of hydrogen-bond donors (Lipinski definition) is 2. The average molecular weight is 253 g/mol. The highest BCUT2D eigenvalue weighted by Crippen LogP contribution is 2.23. The molecule has 0 saturated carbocycles. The molecule has 3 aromatic rings. The molecule has 0 aliphatic rings. The normalized spacial score (nSPS) is 10.8. The van der Waals surface area contributed by atoms with Crippen molar-refractivity contribution >= 4 is 11.0 Å². The second kappa shape index (κ2) is 4.20. The van der Waals surface area contributed by atoms with Gasteiger partial charge in [0, 0.05) is 6.20 Å². The van der Waals surface area contributed by atoms with Crippen molar-refractivity contribution < 1.29 is 0 Å². The Hall–Kier alpha value is -2.69. The number of aromatic amines is 2. The van der Waals surface area contributed by atoms with Gasteiger partial charge in [0.05, 0.1) is 5.39 Å². The van der Waals surface area contributed by atoms with Crippen LogP contribution in [0.25, 0.3) is 22.2 Å². The van der Waals surface area contributed by atoms with Gasteiger partial charge in [0.2, 0.25) is 0 Å². The fourth-order valence-corrected chi connectivity index (χ4v) is 2.06. The molecule has 2 aromatic heterocycles. The van der Waals surface area contributed by atoms with E-state index in [0.29, 0.717) is 11.0 Å². The number of benzene rings is 1. The molecule has 0 aliphatic carbocycles. The van der Waals surface area contributed by atoms with Gasteiger partial charge in [-0.25, -0.2) is 9.78 Å². The molecule has 0 unspecified atom stereocenters. The maximum atomic E-state index is 11.9. The van der Waals surface area contributed by atoms with Gasteiger partial charge in [0.15, 0.2) is 0 Å². The molecule has 0 atom stereocenters. The highest BCUT2D eigenvalue weighted by Gasteiger charge is 2.09. The van der Waals surface area contributed by atoms with Crippen LogP contribution in [-0.2, 0) is 0 Å². The molecule has 5 nitrogen and oxygen atoms in total. The van der Waals surface area contributed by atoms with Crippen molar-refractivity contribution in [2.45, 2.75) is 6.92 Å². The van der Waals surface area contributed by atoms with Crippen LogP contribution < -0.4 is 11.2 Å². The summed E-state index contributed by atoms with van der Waals surface area (Å²) >= 11 is 0. The molecule has 0 radical (unpaired) electrons. The van der Waals surface area contributed by atoms with Gasteiger partial charge in [-0.1, -0.05) is 29.8 Å². The highest BCUT2D eigenvalue weighted by molar-refractivity contribution is 5.91. The second-order valence-electron chi connectivity index (χ2n) is 4.36. The van der Waals surface area contributed by atoms with Crippen molar-refractivity contribution in [2.24, 2.45) is 0 Å². The number of nitrogens with one attached hydrogen (secondary N) is 2. The van der Waals surface area contributed by atoms with Gasteiger partial charge in [0.1, 0.15) is 5.65 Å². The van der Waals surface area contributed by atoms with E-state index in [1.165, 1.54) is 0 Å². The van der Waals surface area contributed by atoms with Crippen molar-refractivity contribution in [1.29, 1.82) is 0 Å². The van der Waals surface area contributed by atoms with E-state index in [2.05, 4.69) is 15.0 Å². The summed E-state index contributed by atoms with van der Waals surface area (Å²) in [6, 6.07) is 9.59. The topological polar surface area (TPSA) is 78.6 Å². The van der Waals surface area contributed by atoms with E-state index in [-0.39, 0.29) is 0 Å². The van der Waals surface area contributed by atoms with Gasteiger partial charge in [-0.05, 0) is 24.1 Å². The molecule has 0 saturated heterocycles. The molecule has 0 bridgehead atoms. The Morgan fingerprint density at radius 3 is 2.47 bits per heavy atom. The fraction of sp³-hybridized carbons (Fsp3) is 0.0714. The van der Waals surface area contributed by atoms with Crippen molar-refractivity contribution in [3.8, 4) is 11.1 Å². The van der Waals surface area contributed by atoms with Crippen LogP contribution >= 0.6 is 0 Å². The van der Waals surface area contributed by atoms with E-state index < -0.39 is 11.2 Å². The summed E-state index contributed by atoms with van der Waals surface area (Å²) < 4.78 is 0. The van der Waals surface area contributed by atoms with E-state index >= 15 is 0 Å². The van der Waals surface area contributed by atoms with Crippen molar-refractivity contribution in [3.63, 3.8) is 0 Å². The Kier molecular flexibility index (Phi) is 2.52.